The molecule has 0 aromatic heterocycles. The van der Waals surface area contributed by atoms with Crippen LogP contribution >= 0.6 is 0 Å². The van der Waals surface area contributed by atoms with Gasteiger partial charge in [-0.2, -0.15) is 0 Å². The van der Waals surface area contributed by atoms with Crippen molar-refractivity contribution in [2.24, 2.45) is 0 Å². The van der Waals surface area contributed by atoms with Crippen molar-refractivity contribution in [3.8, 4) is 0 Å². The Kier molecular flexibility index (Phi) is 4.51. The van der Waals surface area contributed by atoms with Gasteiger partial charge in [-0.1, -0.05) is 24.3 Å². The van der Waals surface area contributed by atoms with Gasteiger partial charge in [-0.15, -0.1) is 0 Å². The predicted octanol–water partition coefficient (Wildman–Crippen LogP) is 2.71. The standard InChI is InChI=1S/C14H22O2/c1-11-7-5-6-8-12(11)9-13(15)10-14(2,3)16-4/h5-8,13,15H,9-10H2,1-4H3. The van der Waals surface area contributed by atoms with Gasteiger partial charge in [-0.25, -0.2) is 0 Å². The summed E-state index contributed by atoms with van der Waals surface area (Å²) in [6, 6.07) is 8.17. The van der Waals surface area contributed by atoms with Crippen LogP contribution < -0.4 is 0 Å². The van der Waals surface area contributed by atoms with Crippen LogP contribution in [0.3, 0.4) is 0 Å². The summed E-state index contributed by atoms with van der Waals surface area (Å²) in [5.41, 5.74) is 2.18. The molecule has 0 aliphatic heterocycles. The number of rotatable bonds is 5. The van der Waals surface area contributed by atoms with Crippen LogP contribution in [0.15, 0.2) is 24.3 Å². The molecule has 2 heteroatoms. The van der Waals surface area contributed by atoms with Crippen LogP contribution in [0.25, 0.3) is 0 Å². The monoisotopic (exact) mass is 222 g/mol. The first kappa shape index (κ1) is 13.2. The summed E-state index contributed by atoms with van der Waals surface area (Å²) in [7, 11) is 1.68. The zero-order chi connectivity index (χ0) is 12.2. The lowest BCUT2D eigenvalue weighted by atomic mass is 9.94. The Morgan fingerprint density at radius 1 is 1.31 bits per heavy atom. The second kappa shape index (κ2) is 5.46. The Labute approximate surface area is 98.3 Å². The predicted molar refractivity (Wildman–Crippen MR) is 66.6 cm³/mol. The van der Waals surface area contributed by atoms with Crippen molar-refractivity contribution in [3.05, 3.63) is 35.4 Å². The van der Waals surface area contributed by atoms with Crippen molar-refractivity contribution < 1.29 is 9.84 Å². The van der Waals surface area contributed by atoms with Crippen LogP contribution in [-0.4, -0.2) is 23.9 Å². The number of ether oxygens (including phenoxy) is 1. The summed E-state index contributed by atoms with van der Waals surface area (Å²) in [5.74, 6) is 0. The van der Waals surface area contributed by atoms with Gasteiger partial charge in [0.05, 0.1) is 11.7 Å². The maximum absolute atomic E-state index is 10.0. The highest BCUT2D eigenvalue weighted by molar-refractivity contribution is 5.26. The summed E-state index contributed by atoms with van der Waals surface area (Å²) in [5, 5.41) is 10.0. The van der Waals surface area contributed by atoms with Crippen molar-refractivity contribution in [1.29, 1.82) is 0 Å². The van der Waals surface area contributed by atoms with E-state index >= 15 is 0 Å². The van der Waals surface area contributed by atoms with E-state index in [2.05, 4.69) is 19.1 Å². The molecule has 90 valence electrons. The first-order valence-corrected chi connectivity index (χ1v) is 5.72. The summed E-state index contributed by atoms with van der Waals surface area (Å²) in [4.78, 5) is 0. The summed E-state index contributed by atoms with van der Waals surface area (Å²) < 4.78 is 5.32. The third kappa shape index (κ3) is 3.95. The Bertz CT molecular complexity index is 331. The average molecular weight is 222 g/mol. The number of aliphatic hydroxyl groups is 1. The third-order valence-electron chi connectivity index (χ3n) is 3.00. The number of hydrogen-bond donors (Lipinski definition) is 1. The molecule has 0 saturated carbocycles. The van der Waals surface area contributed by atoms with Gasteiger partial charge in [-0.05, 0) is 38.3 Å². The molecule has 2 nitrogen and oxygen atoms in total. The van der Waals surface area contributed by atoms with E-state index in [0.717, 1.165) is 0 Å². The SMILES string of the molecule is COC(C)(C)CC(O)Cc1ccccc1C. The number of benzene rings is 1. The third-order valence-corrected chi connectivity index (χ3v) is 3.00. The number of hydrogen-bond acceptors (Lipinski definition) is 2. The fourth-order valence-corrected chi connectivity index (χ4v) is 1.82. The molecule has 1 unspecified atom stereocenters. The molecule has 0 radical (unpaired) electrons. The van der Waals surface area contributed by atoms with Crippen LogP contribution in [0.1, 0.15) is 31.4 Å². The van der Waals surface area contributed by atoms with Crippen molar-refractivity contribution in [2.75, 3.05) is 7.11 Å². The van der Waals surface area contributed by atoms with Gasteiger partial charge < -0.3 is 9.84 Å². The molecule has 0 bridgehead atoms. The molecule has 1 atom stereocenters. The second-order valence-electron chi connectivity index (χ2n) is 4.95. The number of aryl methyl sites for hydroxylation is 1. The quantitative estimate of drug-likeness (QED) is 0.830. The minimum atomic E-state index is -0.351. The van der Waals surface area contributed by atoms with Crippen LogP contribution in [0, 0.1) is 6.92 Å². The van der Waals surface area contributed by atoms with E-state index in [0.29, 0.717) is 12.8 Å². The maximum Gasteiger partial charge on any atom is 0.0647 e. The molecule has 0 spiro atoms. The summed E-state index contributed by atoms with van der Waals surface area (Å²) in [6.45, 7) is 6.06. The molecule has 1 aromatic carbocycles. The van der Waals surface area contributed by atoms with Gasteiger partial charge >= 0.3 is 0 Å². The molecule has 1 rings (SSSR count). The smallest absolute Gasteiger partial charge is 0.0647 e. The van der Waals surface area contributed by atoms with Crippen LogP contribution in [0.4, 0.5) is 0 Å². The molecule has 0 aliphatic carbocycles. The number of aliphatic hydroxyl groups excluding tert-OH is 1. The molecular weight excluding hydrogens is 200 g/mol. The van der Waals surface area contributed by atoms with Crippen LogP contribution in [0.5, 0.6) is 0 Å². The fourth-order valence-electron chi connectivity index (χ4n) is 1.82. The van der Waals surface area contributed by atoms with Gasteiger partial charge in [0.25, 0.3) is 0 Å². The minimum absolute atomic E-state index is 0.262. The lowest BCUT2D eigenvalue weighted by molar-refractivity contribution is -0.0191. The Balaban J connectivity index is 2.58. The molecule has 16 heavy (non-hydrogen) atoms. The minimum Gasteiger partial charge on any atom is -0.393 e. The normalized spacial score (nSPS) is 13.8. The molecule has 0 saturated heterocycles. The first-order valence-electron chi connectivity index (χ1n) is 5.72. The van der Waals surface area contributed by atoms with Gasteiger partial charge in [-0.3, -0.25) is 0 Å². The highest BCUT2D eigenvalue weighted by Crippen LogP contribution is 2.19. The van der Waals surface area contributed by atoms with Gasteiger partial charge in [0.2, 0.25) is 0 Å². The molecule has 0 heterocycles. The fraction of sp³-hybridized carbons (Fsp3) is 0.571. The van der Waals surface area contributed by atoms with Crippen LogP contribution in [-0.2, 0) is 11.2 Å². The molecule has 1 aromatic rings. The van der Waals surface area contributed by atoms with E-state index < -0.39 is 0 Å². The van der Waals surface area contributed by atoms with Crippen molar-refractivity contribution in [3.63, 3.8) is 0 Å². The Morgan fingerprint density at radius 2 is 1.94 bits per heavy atom. The van der Waals surface area contributed by atoms with Crippen molar-refractivity contribution >= 4 is 0 Å². The van der Waals surface area contributed by atoms with E-state index in [1.54, 1.807) is 7.11 Å². The molecule has 1 N–H and O–H groups in total. The Morgan fingerprint density at radius 3 is 2.50 bits per heavy atom. The first-order chi connectivity index (χ1) is 7.44. The summed E-state index contributed by atoms with van der Waals surface area (Å²) >= 11 is 0. The topological polar surface area (TPSA) is 29.5 Å². The van der Waals surface area contributed by atoms with Crippen molar-refractivity contribution in [1.82, 2.24) is 0 Å². The van der Waals surface area contributed by atoms with Crippen LogP contribution in [0.2, 0.25) is 0 Å². The largest absolute Gasteiger partial charge is 0.393 e. The Hall–Kier alpha value is -0.860. The van der Waals surface area contributed by atoms with Gasteiger partial charge in [0.1, 0.15) is 0 Å². The maximum atomic E-state index is 10.0. The van der Waals surface area contributed by atoms with E-state index in [-0.39, 0.29) is 11.7 Å². The summed E-state index contributed by atoms with van der Waals surface area (Å²) in [6.07, 6.45) is 0.994. The average Bonchev–Trinajstić information content (AvgIpc) is 2.21. The molecular formula is C14H22O2. The zero-order valence-electron chi connectivity index (χ0n) is 10.7. The highest BCUT2D eigenvalue weighted by Gasteiger charge is 2.21. The number of methoxy groups -OCH3 is 1. The van der Waals surface area contributed by atoms with E-state index in [1.807, 2.05) is 26.0 Å². The lowest BCUT2D eigenvalue weighted by Gasteiger charge is -2.26. The van der Waals surface area contributed by atoms with Crippen molar-refractivity contribution in [2.45, 2.75) is 45.3 Å². The zero-order valence-corrected chi connectivity index (χ0v) is 10.7. The lowest BCUT2D eigenvalue weighted by Crippen LogP contribution is -2.29. The van der Waals surface area contributed by atoms with E-state index in [9.17, 15) is 5.11 Å². The van der Waals surface area contributed by atoms with Gasteiger partial charge in [0, 0.05) is 13.5 Å². The van der Waals surface area contributed by atoms with Gasteiger partial charge in [0.15, 0.2) is 0 Å². The van der Waals surface area contributed by atoms with E-state index in [4.69, 9.17) is 4.74 Å². The van der Waals surface area contributed by atoms with E-state index in [1.165, 1.54) is 11.1 Å². The molecule has 0 fully saturated rings. The second-order valence-corrected chi connectivity index (χ2v) is 4.95. The molecule has 0 aliphatic rings. The highest BCUT2D eigenvalue weighted by atomic mass is 16.5. The molecule has 0 amide bonds.